The van der Waals surface area contributed by atoms with Crippen molar-refractivity contribution in [2.24, 2.45) is 0 Å². The van der Waals surface area contributed by atoms with E-state index in [2.05, 4.69) is 9.88 Å². The number of hydrogen-bond donors (Lipinski definition) is 0. The van der Waals surface area contributed by atoms with Crippen molar-refractivity contribution in [3.8, 4) is 0 Å². The van der Waals surface area contributed by atoms with Crippen LogP contribution in [0.25, 0.3) is 10.2 Å². The Hall–Kier alpha value is -2.38. The maximum atomic E-state index is 13.6. The summed E-state index contributed by atoms with van der Waals surface area (Å²) < 4.78 is 51.1. The number of carbonyl (C=O) groups excluding carboxylic acids is 1. The van der Waals surface area contributed by atoms with E-state index in [0.29, 0.717) is 34.0 Å². The molecule has 2 aromatic carbocycles. The first-order chi connectivity index (χ1) is 16.4. The molecule has 0 bridgehead atoms. The van der Waals surface area contributed by atoms with E-state index in [4.69, 9.17) is 0 Å². The summed E-state index contributed by atoms with van der Waals surface area (Å²) in [6.07, 6.45) is 1.13. The summed E-state index contributed by atoms with van der Waals surface area (Å²) in [7, 11) is -4.23. The average Bonchev–Trinajstić information content (AvgIpc) is 3.24. The van der Waals surface area contributed by atoms with Crippen LogP contribution in [0, 0.1) is 0 Å². The second kappa shape index (κ2) is 10.7. The Morgan fingerprint density at radius 3 is 2.11 bits per heavy atom. The van der Waals surface area contributed by atoms with Crippen molar-refractivity contribution in [1.82, 2.24) is 14.2 Å². The van der Waals surface area contributed by atoms with Gasteiger partial charge in [0.2, 0.25) is 10.0 Å². The smallest absolute Gasteiger partial charge is 0.260 e. The van der Waals surface area contributed by atoms with E-state index in [0.717, 1.165) is 23.7 Å². The number of likely N-dealkylation sites (N-methyl/N-ethyl adjacent to an activating group) is 1. The van der Waals surface area contributed by atoms with Crippen molar-refractivity contribution >= 4 is 52.5 Å². The summed E-state index contributed by atoms with van der Waals surface area (Å²) in [6, 6.07) is 10.7. The number of benzene rings is 2. The van der Waals surface area contributed by atoms with Gasteiger partial charge in [0.25, 0.3) is 5.91 Å². The molecular weight excluding hydrogens is 508 g/mol. The molecule has 0 radical (unpaired) electrons. The van der Waals surface area contributed by atoms with Gasteiger partial charge in [-0.3, -0.25) is 9.69 Å². The number of rotatable bonds is 10. The molecule has 1 amide bonds. The third-order valence-electron chi connectivity index (χ3n) is 5.66. The first kappa shape index (κ1) is 27.2. The summed E-state index contributed by atoms with van der Waals surface area (Å²) >= 11 is 1.25. The van der Waals surface area contributed by atoms with Crippen molar-refractivity contribution < 1.29 is 21.6 Å². The minimum Gasteiger partial charge on any atom is -0.302 e. The number of aromatic nitrogens is 1. The van der Waals surface area contributed by atoms with Crippen LogP contribution in [-0.2, 0) is 19.9 Å². The Kier molecular flexibility index (Phi) is 8.32. The predicted octanol–water partition coefficient (Wildman–Crippen LogP) is 2.94. The van der Waals surface area contributed by atoms with Crippen LogP contribution >= 0.6 is 11.3 Å². The van der Waals surface area contributed by atoms with Gasteiger partial charge in [-0.1, -0.05) is 31.3 Å². The monoisotopic (exact) mass is 538 g/mol. The molecule has 0 spiro atoms. The molecule has 35 heavy (non-hydrogen) atoms. The van der Waals surface area contributed by atoms with Gasteiger partial charge in [0.05, 0.1) is 14.5 Å². The minimum atomic E-state index is -3.62. The topological polar surface area (TPSA) is 108 Å². The molecule has 1 aromatic heterocycles. The lowest BCUT2D eigenvalue weighted by atomic mass is 10.2. The normalized spacial score (nSPS) is 12.5. The Morgan fingerprint density at radius 1 is 0.943 bits per heavy atom. The maximum absolute atomic E-state index is 13.6. The van der Waals surface area contributed by atoms with Crippen LogP contribution in [0.15, 0.2) is 52.3 Å². The summed E-state index contributed by atoms with van der Waals surface area (Å²) in [5.41, 5.74) is 0.646. The van der Waals surface area contributed by atoms with E-state index < -0.39 is 19.9 Å². The fourth-order valence-corrected chi connectivity index (χ4v) is 6.34. The van der Waals surface area contributed by atoms with Crippen molar-refractivity contribution in [2.75, 3.05) is 51.4 Å². The Morgan fingerprint density at radius 2 is 1.57 bits per heavy atom. The van der Waals surface area contributed by atoms with Crippen molar-refractivity contribution in [2.45, 2.75) is 23.6 Å². The van der Waals surface area contributed by atoms with Crippen molar-refractivity contribution in [3.05, 3.63) is 48.0 Å². The zero-order valence-electron chi connectivity index (χ0n) is 20.4. The lowest BCUT2D eigenvalue weighted by Crippen LogP contribution is -2.38. The van der Waals surface area contributed by atoms with E-state index >= 15 is 0 Å². The molecular formula is C23H30N4O5S3. The van der Waals surface area contributed by atoms with E-state index in [1.807, 2.05) is 13.8 Å². The first-order valence-electron chi connectivity index (χ1n) is 11.1. The quantitative estimate of drug-likeness (QED) is 0.391. The van der Waals surface area contributed by atoms with E-state index in [-0.39, 0.29) is 15.7 Å². The fourth-order valence-electron chi connectivity index (χ4n) is 3.53. The molecule has 190 valence electrons. The minimum absolute atomic E-state index is 0.0894. The van der Waals surface area contributed by atoms with Crippen LogP contribution < -0.4 is 4.90 Å². The van der Waals surface area contributed by atoms with Crippen LogP contribution in [0.4, 0.5) is 5.13 Å². The van der Waals surface area contributed by atoms with Gasteiger partial charge in [-0.2, -0.15) is 0 Å². The Bertz CT molecular complexity index is 1410. The zero-order valence-corrected chi connectivity index (χ0v) is 22.9. The SMILES string of the molecule is CCN(CC)CCN(C(=O)c1ccc(S(=O)(=O)N(C)C)cc1)c1nc2c(S(C)(=O)=O)cccc2s1. The fraction of sp³-hybridized carbons (Fsp3) is 0.391. The van der Waals surface area contributed by atoms with Gasteiger partial charge in [-0.15, -0.1) is 0 Å². The summed E-state index contributed by atoms with van der Waals surface area (Å²) in [5.74, 6) is -0.342. The molecule has 0 aliphatic carbocycles. The number of nitrogens with zero attached hydrogens (tertiary/aromatic N) is 4. The first-order valence-corrected chi connectivity index (χ1v) is 15.2. The summed E-state index contributed by atoms with van der Waals surface area (Å²) in [6.45, 7) is 6.64. The van der Waals surface area contributed by atoms with Gasteiger partial charge >= 0.3 is 0 Å². The predicted molar refractivity (Wildman–Crippen MR) is 140 cm³/mol. The number of hydrogen-bond acceptors (Lipinski definition) is 8. The number of fused-ring (bicyclic) bond motifs is 1. The third-order valence-corrected chi connectivity index (χ3v) is 9.66. The van der Waals surface area contributed by atoms with Crippen LogP contribution in [0.2, 0.25) is 0 Å². The average molecular weight is 539 g/mol. The largest absolute Gasteiger partial charge is 0.302 e. The summed E-state index contributed by atoms with van der Waals surface area (Å²) in [4.78, 5) is 22.1. The molecule has 3 aromatic rings. The standard InChI is InChI=1S/C23H30N4O5S3/c1-6-26(7-2)15-16-27(22(28)17-11-13-18(14-12-17)35(31,32)25(3)4)23-24-21-19(33-23)9-8-10-20(21)34(5,29)30/h8-14H,6-7,15-16H2,1-5H3. The molecule has 0 unspecified atom stereocenters. The molecule has 3 rings (SSSR count). The lowest BCUT2D eigenvalue weighted by Gasteiger charge is -2.25. The van der Waals surface area contributed by atoms with E-state index in [1.165, 1.54) is 60.7 Å². The van der Waals surface area contributed by atoms with Gasteiger partial charge in [0.15, 0.2) is 15.0 Å². The second-order valence-corrected chi connectivity index (χ2v) is 13.3. The molecule has 0 saturated carbocycles. The number of para-hydroxylation sites is 1. The van der Waals surface area contributed by atoms with Gasteiger partial charge in [-0.25, -0.2) is 26.1 Å². The highest BCUT2D eigenvalue weighted by molar-refractivity contribution is 7.91. The second-order valence-electron chi connectivity index (χ2n) is 8.17. The van der Waals surface area contributed by atoms with Crippen molar-refractivity contribution in [1.29, 1.82) is 0 Å². The number of carbonyl (C=O) groups is 1. The molecule has 12 heteroatoms. The number of sulfonamides is 1. The van der Waals surface area contributed by atoms with Gasteiger partial charge in [-0.05, 0) is 49.5 Å². The molecule has 0 N–H and O–H groups in total. The highest BCUT2D eigenvalue weighted by Gasteiger charge is 2.25. The third kappa shape index (κ3) is 5.89. The molecule has 0 saturated heterocycles. The lowest BCUT2D eigenvalue weighted by molar-refractivity contribution is 0.0983. The molecule has 0 fully saturated rings. The highest BCUT2D eigenvalue weighted by Crippen LogP contribution is 2.33. The molecule has 1 heterocycles. The van der Waals surface area contributed by atoms with Gasteiger partial charge < -0.3 is 4.90 Å². The van der Waals surface area contributed by atoms with E-state index in [9.17, 15) is 21.6 Å². The number of anilines is 1. The number of sulfone groups is 1. The van der Waals surface area contributed by atoms with Crippen molar-refractivity contribution in [3.63, 3.8) is 0 Å². The molecule has 0 aliphatic heterocycles. The maximum Gasteiger partial charge on any atom is 0.260 e. The molecule has 0 atom stereocenters. The Balaban J connectivity index is 2.04. The zero-order chi connectivity index (χ0) is 26.0. The summed E-state index contributed by atoms with van der Waals surface area (Å²) in [5, 5.41) is 0.387. The van der Waals surface area contributed by atoms with Crippen LogP contribution in [0.1, 0.15) is 24.2 Å². The van der Waals surface area contributed by atoms with Crippen LogP contribution in [0.5, 0.6) is 0 Å². The number of thiazole rings is 1. The van der Waals surface area contributed by atoms with Gasteiger partial charge in [0.1, 0.15) is 5.52 Å². The number of amides is 1. The Labute approximate surface area is 211 Å². The van der Waals surface area contributed by atoms with Crippen LogP contribution in [0.3, 0.4) is 0 Å². The van der Waals surface area contributed by atoms with Crippen LogP contribution in [-0.4, -0.2) is 83.5 Å². The highest BCUT2D eigenvalue weighted by atomic mass is 32.2. The van der Waals surface area contributed by atoms with Gasteiger partial charge in [0, 0.05) is 39.0 Å². The molecule has 9 nitrogen and oxygen atoms in total. The van der Waals surface area contributed by atoms with E-state index in [1.54, 1.807) is 12.1 Å². The molecule has 0 aliphatic rings.